The third-order valence-corrected chi connectivity index (χ3v) is 4.05. The molecule has 1 aromatic rings. The van der Waals surface area contributed by atoms with Gasteiger partial charge in [-0.2, -0.15) is 0 Å². The molecule has 110 valence electrons. The third-order valence-electron chi connectivity index (χ3n) is 4.05. The lowest BCUT2D eigenvalue weighted by Crippen LogP contribution is -2.39. The van der Waals surface area contributed by atoms with Gasteiger partial charge in [0, 0.05) is 32.7 Å². The summed E-state index contributed by atoms with van der Waals surface area (Å²) in [5.74, 6) is 0.954. The first-order valence-corrected chi connectivity index (χ1v) is 7.54. The minimum atomic E-state index is 0.255. The van der Waals surface area contributed by atoms with Crippen molar-refractivity contribution in [2.75, 3.05) is 13.7 Å². The van der Waals surface area contributed by atoms with E-state index in [0.717, 1.165) is 13.0 Å². The summed E-state index contributed by atoms with van der Waals surface area (Å²) in [6.07, 6.45) is 3.91. The van der Waals surface area contributed by atoms with Gasteiger partial charge in [0.2, 0.25) is 5.91 Å². The average Bonchev–Trinajstić information content (AvgIpc) is 3.30. The molecule has 3 heteroatoms. The van der Waals surface area contributed by atoms with Crippen molar-refractivity contribution >= 4 is 5.91 Å². The lowest BCUT2D eigenvalue weighted by atomic mass is 10.1. The fraction of sp³-hybridized carbons (Fsp3) is 0.588. The van der Waals surface area contributed by atoms with Crippen LogP contribution in [0.3, 0.4) is 0 Å². The van der Waals surface area contributed by atoms with Gasteiger partial charge in [0.05, 0.1) is 0 Å². The van der Waals surface area contributed by atoms with Crippen LogP contribution in [0.4, 0.5) is 0 Å². The Bertz CT molecular complexity index is 414. The molecule has 0 aliphatic heterocycles. The minimum absolute atomic E-state index is 0.255. The molecule has 1 aliphatic rings. The number of rotatable bonds is 8. The number of benzene rings is 1. The maximum Gasteiger partial charge on any atom is 0.223 e. The van der Waals surface area contributed by atoms with Gasteiger partial charge in [-0.1, -0.05) is 30.3 Å². The summed E-state index contributed by atoms with van der Waals surface area (Å²) < 4.78 is 5.04. The second kappa shape index (κ2) is 7.44. The predicted octanol–water partition coefficient (Wildman–Crippen LogP) is 3.24. The van der Waals surface area contributed by atoms with Crippen LogP contribution in [0.1, 0.15) is 38.2 Å². The SMILES string of the molecule is COCCCC(=O)N(Cc1ccccc1)C(C)C1CC1. The summed E-state index contributed by atoms with van der Waals surface area (Å²) in [7, 11) is 1.68. The Hall–Kier alpha value is -1.35. The van der Waals surface area contributed by atoms with Gasteiger partial charge in [-0.05, 0) is 37.7 Å². The quantitative estimate of drug-likeness (QED) is 0.682. The smallest absolute Gasteiger partial charge is 0.223 e. The topological polar surface area (TPSA) is 29.5 Å². The average molecular weight is 275 g/mol. The zero-order valence-electron chi connectivity index (χ0n) is 12.5. The van der Waals surface area contributed by atoms with E-state index in [9.17, 15) is 4.79 Å². The Morgan fingerprint density at radius 2 is 2.05 bits per heavy atom. The summed E-state index contributed by atoms with van der Waals surface area (Å²) in [5.41, 5.74) is 1.21. The van der Waals surface area contributed by atoms with Gasteiger partial charge in [-0.15, -0.1) is 0 Å². The first-order chi connectivity index (χ1) is 9.72. The summed E-state index contributed by atoms with van der Waals surface area (Å²) in [6.45, 7) is 3.57. The maximum atomic E-state index is 12.5. The van der Waals surface area contributed by atoms with Crippen molar-refractivity contribution in [2.24, 2.45) is 5.92 Å². The van der Waals surface area contributed by atoms with Crippen LogP contribution in [0.2, 0.25) is 0 Å². The highest BCUT2D eigenvalue weighted by Crippen LogP contribution is 2.36. The number of ether oxygens (including phenoxy) is 1. The molecule has 1 atom stereocenters. The molecule has 20 heavy (non-hydrogen) atoms. The summed E-state index contributed by atoms with van der Waals surface area (Å²) in [5, 5.41) is 0. The number of hydrogen-bond acceptors (Lipinski definition) is 2. The van der Waals surface area contributed by atoms with E-state index < -0.39 is 0 Å². The van der Waals surface area contributed by atoms with E-state index in [0.29, 0.717) is 25.0 Å². The van der Waals surface area contributed by atoms with Crippen LogP contribution < -0.4 is 0 Å². The number of methoxy groups -OCH3 is 1. The van der Waals surface area contributed by atoms with E-state index in [1.54, 1.807) is 7.11 Å². The van der Waals surface area contributed by atoms with Gasteiger partial charge >= 0.3 is 0 Å². The van der Waals surface area contributed by atoms with E-state index in [2.05, 4.69) is 24.0 Å². The predicted molar refractivity (Wildman–Crippen MR) is 80.3 cm³/mol. The second-order valence-corrected chi connectivity index (χ2v) is 5.68. The van der Waals surface area contributed by atoms with Crippen molar-refractivity contribution in [1.82, 2.24) is 4.90 Å². The van der Waals surface area contributed by atoms with Gasteiger partial charge in [-0.25, -0.2) is 0 Å². The van der Waals surface area contributed by atoms with Gasteiger partial charge in [0.15, 0.2) is 0 Å². The van der Waals surface area contributed by atoms with Gasteiger partial charge in [0.25, 0.3) is 0 Å². The van der Waals surface area contributed by atoms with Crippen molar-refractivity contribution in [3.05, 3.63) is 35.9 Å². The summed E-state index contributed by atoms with van der Waals surface area (Å²) >= 11 is 0. The van der Waals surface area contributed by atoms with Gasteiger partial charge in [-0.3, -0.25) is 4.79 Å². The number of nitrogens with zero attached hydrogens (tertiary/aromatic N) is 1. The molecule has 3 nitrogen and oxygen atoms in total. The second-order valence-electron chi connectivity index (χ2n) is 5.68. The molecule has 1 saturated carbocycles. The van der Waals surface area contributed by atoms with Crippen LogP contribution >= 0.6 is 0 Å². The van der Waals surface area contributed by atoms with Crippen molar-refractivity contribution in [3.8, 4) is 0 Å². The number of carbonyl (C=O) groups is 1. The molecule has 0 heterocycles. The highest BCUT2D eigenvalue weighted by Gasteiger charge is 2.33. The van der Waals surface area contributed by atoms with E-state index in [1.165, 1.54) is 18.4 Å². The Kier molecular flexibility index (Phi) is 5.60. The summed E-state index contributed by atoms with van der Waals surface area (Å²) in [4.78, 5) is 14.5. The van der Waals surface area contributed by atoms with Crippen LogP contribution in [0, 0.1) is 5.92 Å². The number of hydrogen-bond donors (Lipinski definition) is 0. The minimum Gasteiger partial charge on any atom is -0.385 e. The first kappa shape index (κ1) is 15.0. The number of amides is 1. The molecule has 0 saturated heterocycles. The first-order valence-electron chi connectivity index (χ1n) is 7.54. The molecule has 1 amide bonds. The van der Waals surface area contributed by atoms with Crippen LogP contribution in [0.15, 0.2) is 30.3 Å². The van der Waals surface area contributed by atoms with Crippen molar-refractivity contribution in [3.63, 3.8) is 0 Å². The molecule has 0 radical (unpaired) electrons. The third kappa shape index (κ3) is 4.34. The van der Waals surface area contributed by atoms with E-state index in [1.807, 2.05) is 18.2 Å². The number of carbonyl (C=O) groups excluding carboxylic acids is 1. The van der Waals surface area contributed by atoms with Crippen molar-refractivity contribution < 1.29 is 9.53 Å². The molecule has 1 unspecified atom stereocenters. The zero-order valence-corrected chi connectivity index (χ0v) is 12.5. The molecular formula is C17H25NO2. The van der Waals surface area contributed by atoms with Gasteiger partial charge in [0.1, 0.15) is 0 Å². The van der Waals surface area contributed by atoms with Crippen molar-refractivity contribution in [2.45, 2.75) is 45.2 Å². The largest absolute Gasteiger partial charge is 0.385 e. The summed E-state index contributed by atoms with van der Waals surface area (Å²) in [6, 6.07) is 10.6. The van der Waals surface area contributed by atoms with Crippen molar-refractivity contribution in [1.29, 1.82) is 0 Å². The molecule has 1 aromatic carbocycles. The lowest BCUT2D eigenvalue weighted by Gasteiger charge is -2.30. The Morgan fingerprint density at radius 1 is 1.35 bits per heavy atom. The molecule has 1 aliphatic carbocycles. The Labute approximate surface area is 121 Å². The molecular weight excluding hydrogens is 250 g/mol. The van der Waals surface area contributed by atoms with Crippen LogP contribution in [-0.2, 0) is 16.1 Å². The molecule has 0 N–H and O–H groups in total. The lowest BCUT2D eigenvalue weighted by molar-refractivity contribution is -0.134. The Morgan fingerprint density at radius 3 is 2.65 bits per heavy atom. The van der Waals surface area contributed by atoms with E-state index in [4.69, 9.17) is 4.74 Å². The van der Waals surface area contributed by atoms with Crippen LogP contribution in [-0.4, -0.2) is 30.6 Å². The fourth-order valence-electron chi connectivity index (χ4n) is 2.58. The highest BCUT2D eigenvalue weighted by atomic mass is 16.5. The van der Waals surface area contributed by atoms with E-state index >= 15 is 0 Å². The van der Waals surface area contributed by atoms with Crippen LogP contribution in [0.5, 0.6) is 0 Å². The van der Waals surface area contributed by atoms with E-state index in [-0.39, 0.29) is 5.91 Å². The fourth-order valence-corrected chi connectivity index (χ4v) is 2.58. The van der Waals surface area contributed by atoms with Gasteiger partial charge < -0.3 is 9.64 Å². The molecule has 0 aromatic heterocycles. The zero-order chi connectivity index (χ0) is 14.4. The molecule has 0 spiro atoms. The Balaban J connectivity index is 1.98. The molecule has 0 bridgehead atoms. The maximum absolute atomic E-state index is 12.5. The van der Waals surface area contributed by atoms with Crippen LogP contribution in [0.25, 0.3) is 0 Å². The molecule has 1 fully saturated rings. The standard InChI is InChI=1S/C17H25NO2/c1-14(16-10-11-16)18(17(19)9-6-12-20-2)13-15-7-4-3-5-8-15/h3-5,7-8,14,16H,6,9-13H2,1-2H3. The highest BCUT2D eigenvalue weighted by molar-refractivity contribution is 5.76. The molecule has 2 rings (SSSR count). The monoisotopic (exact) mass is 275 g/mol. The normalized spacial score (nSPS) is 15.9.